The van der Waals surface area contributed by atoms with E-state index in [1.165, 1.54) is 23.8 Å². The van der Waals surface area contributed by atoms with E-state index in [9.17, 15) is 19.1 Å². The van der Waals surface area contributed by atoms with E-state index < -0.39 is 17.4 Å². The quantitative estimate of drug-likeness (QED) is 0.459. The van der Waals surface area contributed by atoms with E-state index >= 15 is 0 Å². The van der Waals surface area contributed by atoms with E-state index in [1.807, 2.05) is 13.0 Å². The Morgan fingerprint density at radius 1 is 1.11 bits per heavy atom. The Bertz CT molecular complexity index is 1400. The molecule has 0 bridgehead atoms. The van der Waals surface area contributed by atoms with Gasteiger partial charge in [-0.15, -0.1) is 0 Å². The zero-order valence-electron chi connectivity index (χ0n) is 20.8. The van der Waals surface area contributed by atoms with E-state index in [2.05, 4.69) is 9.88 Å². The Morgan fingerprint density at radius 3 is 2.59 bits per heavy atom. The number of rotatable bonds is 4. The molecule has 3 amide bonds. The van der Waals surface area contributed by atoms with Gasteiger partial charge in [-0.1, -0.05) is 36.6 Å². The summed E-state index contributed by atoms with van der Waals surface area (Å²) in [5, 5.41) is 11.0. The average Bonchev–Trinajstić information content (AvgIpc) is 3.13. The summed E-state index contributed by atoms with van der Waals surface area (Å²) >= 11 is 6.14. The maximum atomic E-state index is 14.3. The van der Waals surface area contributed by atoms with Crippen LogP contribution in [0.15, 0.2) is 36.4 Å². The largest absolute Gasteiger partial charge is 0.508 e. The molecule has 2 fully saturated rings. The molecule has 0 saturated carbocycles. The first kappa shape index (κ1) is 24.2. The fraction of sp³-hybridized carbons (Fsp3) is 0.429. The van der Waals surface area contributed by atoms with Gasteiger partial charge in [0.05, 0.1) is 5.02 Å². The standard InChI is InChI=1S/C28H30ClFN4O3/c1-28-16-20-19-14-21(29)22(30)15-23(19)31-24(20)25(17-7-6-8-18(35)13-17)34(28)27(37)33(26(28)36)12-11-32-9-4-2-3-5-10-32/h6-8,13-15,25,31,35H,2-5,9-12,16H2,1H3. The number of aromatic amines is 1. The number of aromatic hydroxyl groups is 1. The van der Waals surface area contributed by atoms with Gasteiger partial charge >= 0.3 is 6.03 Å². The summed E-state index contributed by atoms with van der Waals surface area (Å²) < 4.78 is 14.3. The van der Waals surface area contributed by atoms with E-state index in [-0.39, 0.29) is 29.1 Å². The zero-order valence-corrected chi connectivity index (χ0v) is 21.5. The summed E-state index contributed by atoms with van der Waals surface area (Å²) in [6.45, 7) is 4.76. The van der Waals surface area contributed by atoms with Crippen molar-refractivity contribution in [1.82, 2.24) is 19.7 Å². The number of H-pyrrole nitrogens is 1. The van der Waals surface area contributed by atoms with Crippen LogP contribution in [0.2, 0.25) is 5.02 Å². The normalized spacial score (nSPS) is 24.5. The van der Waals surface area contributed by atoms with Crippen LogP contribution in [-0.2, 0) is 11.2 Å². The lowest BCUT2D eigenvalue weighted by molar-refractivity contribution is -0.133. The second-order valence-electron chi connectivity index (χ2n) is 10.6. The molecule has 194 valence electrons. The van der Waals surface area contributed by atoms with Crippen molar-refractivity contribution in [2.45, 2.75) is 50.6 Å². The lowest BCUT2D eigenvalue weighted by Gasteiger charge is -2.42. The smallest absolute Gasteiger partial charge is 0.328 e. The highest BCUT2D eigenvalue weighted by Gasteiger charge is 2.60. The highest BCUT2D eigenvalue weighted by molar-refractivity contribution is 6.31. The van der Waals surface area contributed by atoms with E-state index in [0.29, 0.717) is 29.9 Å². The maximum absolute atomic E-state index is 14.3. The molecule has 1 aromatic heterocycles. The number of aromatic nitrogens is 1. The Hall–Kier alpha value is -3.10. The van der Waals surface area contributed by atoms with Crippen LogP contribution in [0.1, 0.15) is 55.5 Å². The van der Waals surface area contributed by atoms with Crippen molar-refractivity contribution in [3.05, 3.63) is 64.1 Å². The summed E-state index contributed by atoms with van der Waals surface area (Å²) in [5.74, 6) is -0.710. The molecule has 7 nitrogen and oxygen atoms in total. The van der Waals surface area contributed by atoms with Crippen LogP contribution in [0.25, 0.3) is 10.9 Å². The second kappa shape index (κ2) is 9.03. The van der Waals surface area contributed by atoms with E-state index in [4.69, 9.17) is 11.6 Å². The number of hydrogen-bond donors (Lipinski definition) is 2. The molecule has 9 heteroatoms. The minimum atomic E-state index is -1.13. The van der Waals surface area contributed by atoms with Crippen molar-refractivity contribution in [3.8, 4) is 5.75 Å². The molecule has 3 aliphatic rings. The van der Waals surface area contributed by atoms with Gasteiger partial charge in [0.25, 0.3) is 5.91 Å². The second-order valence-corrected chi connectivity index (χ2v) is 11.0. The monoisotopic (exact) mass is 524 g/mol. The fourth-order valence-electron chi connectivity index (χ4n) is 6.35. The van der Waals surface area contributed by atoms with Gasteiger partial charge in [0.2, 0.25) is 0 Å². The minimum absolute atomic E-state index is 0.00342. The van der Waals surface area contributed by atoms with Crippen molar-refractivity contribution >= 4 is 34.4 Å². The van der Waals surface area contributed by atoms with Gasteiger partial charge in [0.15, 0.2) is 0 Å². The summed E-state index contributed by atoms with van der Waals surface area (Å²) in [6, 6.07) is 8.65. The molecule has 0 spiro atoms. The molecule has 0 aliphatic carbocycles. The molecule has 2 saturated heterocycles. The summed E-state index contributed by atoms with van der Waals surface area (Å²) in [6.07, 6.45) is 4.99. The fourth-order valence-corrected chi connectivity index (χ4v) is 6.51. The molecule has 2 N–H and O–H groups in total. The van der Waals surface area contributed by atoms with Gasteiger partial charge in [-0.3, -0.25) is 14.6 Å². The molecule has 2 unspecified atom stereocenters. The number of imide groups is 1. The molecule has 2 atom stereocenters. The van der Waals surface area contributed by atoms with Crippen molar-refractivity contribution in [2.75, 3.05) is 26.2 Å². The number of halogens is 2. The van der Waals surface area contributed by atoms with Crippen LogP contribution in [0, 0.1) is 5.82 Å². The molecular formula is C28H30ClFN4O3. The number of benzene rings is 2. The highest BCUT2D eigenvalue weighted by atomic mass is 35.5. The maximum Gasteiger partial charge on any atom is 0.328 e. The first-order valence-corrected chi connectivity index (χ1v) is 13.3. The Balaban J connectivity index is 1.43. The van der Waals surface area contributed by atoms with E-state index in [0.717, 1.165) is 36.9 Å². The molecule has 2 aromatic carbocycles. The number of carbonyl (C=O) groups excluding carboxylic acids is 2. The topological polar surface area (TPSA) is 79.9 Å². The summed E-state index contributed by atoms with van der Waals surface area (Å²) in [5.41, 5.74) is 1.63. The molecule has 3 aromatic rings. The first-order chi connectivity index (χ1) is 17.8. The van der Waals surface area contributed by atoms with Gasteiger partial charge in [0, 0.05) is 36.1 Å². The lowest BCUT2D eigenvalue weighted by atomic mass is 9.81. The first-order valence-electron chi connectivity index (χ1n) is 12.9. The number of fused-ring (bicyclic) bond motifs is 4. The number of carbonyl (C=O) groups is 2. The molecule has 0 radical (unpaired) electrons. The number of likely N-dealkylation sites (tertiary alicyclic amines) is 1. The van der Waals surface area contributed by atoms with Crippen molar-refractivity contribution in [1.29, 1.82) is 0 Å². The van der Waals surface area contributed by atoms with Crippen LogP contribution in [0.4, 0.5) is 9.18 Å². The molecule has 37 heavy (non-hydrogen) atoms. The van der Waals surface area contributed by atoms with Crippen LogP contribution in [-0.4, -0.2) is 68.4 Å². The number of phenols is 1. The number of urea groups is 1. The van der Waals surface area contributed by atoms with Crippen LogP contribution in [0.5, 0.6) is 5.75 Å². The third-order valence-electron chi connectivity index (χ3n) is 8.23. The third-order valence-corrected chi connectivity index (χ3v) is 8.52. The minimum Gasteiger partial charge on any atom is -0.508 e. The van der Waals surface area contributed by atoms with Gasteiger partial charge in [-0.05, 0) is 68.2 Å². The lowest BCUT2D eigenvalue weighted by Crippen LogP contribution is -2.53. The highest BCUT2D eigenvalue weighted by Crippen LogP contribution is 2.49. The van der Waals surface area contributed by atoms with Crippen molar-refractivity contribution in [2.24, 2.45) is 0 Å². The Morgan fingerprint density at radius 2 is 1.86 bits per heavy atom. The number of nitrogens with one attached hydrogen (secondary N) is 1. The van der Waals surface area contributed by atoms with Crippen LogP contribution < -0.4 is 0 Å². The van der Waals surface area contributed by atoms with Crippen LogP contribution in [0.3, 0.4) is 0 Å². The van der Waals surface area contributed by atoms with Gasteiger partial charge in [-0.25, -0.2) is 9.18 Å². The molecule has 6 rings (SSSR count). The molecule has 4 heterocycles. The van der Waals surface area contributed by atoms with Crippen LogP contribution >= 0.6 is 11.6 Å². The number of nitrogens with zero attached hydrogens (tertiary/aromatic N) is 3. The van der Waals surface area contributed by atoms with Crippen molar-refractivity contribution < 1.29 is 19.1 Å². The third kappa shape index (κ3) is 3.89. The van der Waals surface area contributed by atoms with Gasteiger partial charge in [-0.2, -0.15) is 0 Å². The Kier molecular flexibility index (Phi) is 5.92. The number of amides is 3. The van der Waals surface area contributed by atoms with Crippen molar-refractivity contribution in [3.63, 3.8) is 0 Å². The molecular weight excluding hydrogens is 495 g/mol. The number of hydrogen-bond acceptors (Lipinski definition) is 4. The predicted octanol–water partition coefficient (Wildman–Crippen LogP) is 5.21. The predicted molar refractivity (Wildman–Crippen MR) is 139 cm³/mol. The average molecular weight is 525 g/mol. The molecule has 3 aliphatic heterocycles. The van der Waals surface area contributed by atoms with Gasteiger partial charge < -0.3 is 15.0 Å². The number of phenolic OH excluding ortho intramolecular Hbond substituents is 1. The van der Waals surface area contributed by atoms with Gasteiger partial charge in [0.1, 0.15) is 23.1 Å². The summed E-state index contributed by atoms with van der Waals surface area (Å²) in [4.78, 5) is 36.6. The Labute approximate surface area is 219 Å². The van der Waals surface area contributed by atoms with E-state index in [1.54, 1.807) is 29.2 Å². The SMILES string of the molecule is CC12Cc3c([nH]c4cc(F)c(Cl)cc34)C(c3cccc(O)c3)N1C(=O)N(CCN1CCCCCC1)C2=O. The summed E-state index contributed by atoms with van der Waals surface area (Å²) in [7, 11) is 0. The zero-order chi connectivity index (χ0) is 25.9.